The summed E-state index contributed by atoms with van der Waals surface area (Å²) in [4.78, 5) is 8.05. The molecule has 0 fully saturated rings. The molecule has 94 valence electrons. The van der Waals surface area contributed by atoms with E-state index >= 15 is 0 Å². The third kappa shape index (κ3) is 3.24. The fraction of sp³-hybridized carbons (Fsp3) is 0.231. The largest absolute Gasteiger partial charge is 0.439 e. The highest BCUT2D eigenvalue weighted by molar-refractivity contribution is 5.30. The van der Waals surface area contributed by atoms with Crippen LogP contribution >= 0.6 is 0 Å². The van der Waals surface area contributed by atoms with Crippen LogP contribution in [0.15, 0.2) is 36.8 Å². The molecule has 1 aromatic carbocycles. The van der Waals surface area contributed by atoms with Crippen molar-refractivity contribution in [3.05, 3.63) is 48.2 Å². The summed E-state index contributed by atoms with van der Waals surface area (Å²) >= 11 is 0. The van der Waals surface area contributed by atoms with Crippen molar-refractivity contribution >= 4 is 0 Å². The Labute approximate surface area is 105 Å². The van der Waals surface area contributed by atoms with Crippen molar-refractivity contribution in [1.82, 2.24) is 15.3 Å². The van der Waals surface area contributed by atoms with E-state index in [1.807, 2.05) is 6.92 Å². The van der Waals surface area contributed by atoms with E-state index in [1.165, 1.54) is 18.5 Å². The fourth-order valence-corrected chi connectivity index (χ4v) is 1.43. The van der Waals surface area contributed by atoms with Gasteiger partial charge in [-0.2, -0.15) is 0 Å². The smallest absolute Gasteiger partial charge is 0.226 e. The topological polar surface area (TPSA) is 47.0 Å². The molecule has 0 unspecified atom stereocenters. The number of nitrogens with one attached hydrogen (secondary N) is 1. The number of nitrogens with zero attached hydrogens (tertiary/aromatic N) is 2. The van der Waals surface area contributed by atoms with Gasteiger partial charge in [-0.1, -0.05) is 6.92 Å². The van der Waals surface area contributed by atoms with Gasteiger partial charge in [0.2, 0.25) is 5.88 Å². The molecule has 18 heavy (non-hydrogen) atoms. The van der Waals surface area contributed by atoms with Crippen molar-refractivity contribution in [2.75, 3.05) is 6.54 Å². The Kier molecular flexibility index (Phi) is 4.20. The molecule has 0 amide bonds. The summed E-state index contributed by atoms with van der Waals surface area (Å²) in [6.07, 6.45) is 3.13. The van der Waals surface area contributed by atoms with Crippen LogP contribution in [0.5, 0.6) is 11.6 Å². The second-order valence-corrected chi connectivity index (χ2v) is 3.69. The fourth-order valence-electron chi connectivity index (χ4n) is 1.43. The molecule has 0 aliphatic heterocycles. The van der Waals surface area contributed by atoms with E-state index < -0.39 is 0 Å². The molecule has 1 heterocycles. The minimum Gasteiger partial charge on any atom is -0.439 e. The molecule has 0 saturated carbocycles. The Bertz CT molecular complexity index is 502. The lowest BCUT2D eigenvalue weighted by Crippen LogP contribution is -2.13. The standard InChI is InChI=1S/C13H14FN3O/c1-2-15-7-10-8-16-9-17-13(10)18-12-5-3-11(14)4-6-12/h3-6,8-9,15H,2,7H2,1H3. The molecule has 0 aliphatic carbocycles. The van der Waals surface area contributed by atoms with Gasteiger partial charge in [-0.3, -0.25) is 0 Å². The molecule has 1 N–H and O–H groups in total. The average molecular weight is 247 g/mol. The molecule has 5 heteroatoms. The van der Waals surface area contributed by atoms with E-state index in [2.05, 4.69) is 15.3 Å². The van der Waals surface area contributed by atoms with Gasteiger partial charge in [-0.25, -0.2) is 14.4 Å². The number of benzene rings is 1. The minimum absolute atomic E-state index is 0.294. The predicted octanol–water partition coefficient (Wildman–Crippen LogP) is 2.52. The SMILES string of the molecule is CCNCc1cncnc1Oc1ccc(F)cc1. The number of hydrogen-bond donors (Lipinski definition) is 1. The summed E-state index contributed by atoms with van der Waals surface area (Å²) in [5, 5.41) is 3.18. The Morgan fingerprint density at radius 2 is 2.06 bits per heavy atom. The highest BCUT2D eigenvalue weighted by Gasteiger charge is 2.06. The average Bonchev–Trinajstić information content (AvgIpc) is 2.40. The summed E-state index contributed by atoms with van der Waals surface area (Å²) in [6.45, 7) is 3.50. The van der Waals surface area contributed by atoms with Gasteiger partial charge in [0.1, 0.15) is 17.9 Å². The minimum atomic E-state index is -0.294. The molecule has 0 radical (unpaired) electrons. The molecule has 2 aromatic rings. The van der Waals surface area contributed by atoms with Crippen molar-refractivity contribution in [3.8, 4) is 11.6 Å². The van der Waals surface area contributed by atoms with Crippen molar-refractivity contribution in [2.45, 2.75) is 13.5 Å². The Morgan fingerprint density at radius 3 is 2.78 bits per heavy atom. The van der Waals surface area contributed by atoms with Crippen LogP contribution < -0.4 is 10.1 Å². The summed E-state index contributed by atoms with van der Waals surface area (Å²) in [5.74, 6) is 0.739. The maximum atomic E-state index is 12.8. The van der Waals surface area contributed by atoms with Crippen molar-refractivity contribution < 1.29 is 9.13 Å². The van der Waals surface area contributed by atoms with Crippen molar-refractivity contribution in [1.29, 1.82) is 0 Å². The zero-order valence-corrected chi connectivity index (χ0v) is 10.1. The van der Waals surface area contributed by atoms with E-state index in [0.717, 1.165) is 12.1 Å². The highest BCUT2D eigenvalue weighted by Crippen LogP contribution is 2.22. The molecular weight excluding hydrogens is 233 g/mol. The van der Waals surface area contributed by atoms with Gasteiger partial charge in [-0.05, 0) is 30.8 Å². The zero-order valence-electron chi connectivity index (χ0n) is 10.1. The van der Waals surface area contributed by atoms with Crippen molar-refractivity contribution in [2.24, 2.45) is 0 Å². The molecule has 1 aromatic heterocycles. The van der Waals surface area contributed by atoms with E-state index in [4.69, 9.17) is 4.74 Å². The van der Waals surface area contributed by atoms with Crippen LogP contribution in [0.1, 0.15) is 12.5 Å². The number of rotatable bonds is 5. The first-order chi connectivity index (χ1) is 8.79. The van der Waals surface area contributed by atoms with Crippen LogP contribution in [0.4, 0.5) is 4.39 Å². The van der Waals surface area contributed by atoms with Crippen LogP contribution in [0.25, 0.3) is 0 Å². The van der Waals surface area contributed by atoms with Crippen LogP contribution in [0, 0.1) is 5.82 Å². The summed E-state index contributed by atoms with van der Waals surface area (Å²) in [6, 6.07) is 5.82. The van der Waals surface area contributed by atoms with E-state index in [-0.39, 0.29) is 5.82 Å². The first kappa shape index (κ1) is 12.4. The monoisotopic (exact) mass is 247 g/mol. The summed E-state index contributed by atoms with van der Waals surface area (Å²) in [7, 11) is 0. The Balaban J connectivity index is 2.15. The number of ether oxygens (including phenoxy) is 1. The van der Waals surface area contributed by atoms with Crippen LogP contribution in [-0.2, 0) is 6.54 Å². The van der Waals surface area contributed by atoms with Crippen LogP contribution in [-0.4, -0.2) is 16.5 Å². The molecule has 0 aliphatic rings. The lowest BCUT2D eigenvalue weighted by molar-refractivity contribution is 0.450. The van der Waals surface area contributed by atoms with Gasteiger partial charge in [0, 0.05) is 18.3 Å². The number of hydrogen-bond acceptors (Lipinski definition) is 4. The third-order valence-electron chi connectivity index (χ3n) is 2.34. The van der Waals surface area contributed by atoms with Gasteiger partial charge in [0.15, 0.2) is 0 Å². The molecule has 0 saturated heterocycles. The summed E-state index contributed by atoms with van der Waals surface area (Å²) < 4.78 is 18.4. The molecule has 4 nitrogen and oxygen atoms in total. The number of halogens is 1. The molecule has 0 bridgehead atoms. The van der Waals surface area contributed by atoms with Gasteiger partial charge in [-0.15, -0.1) is 0 Å². The third-order valence-corrected chi connectivity index (χ3v) is 2.34. The zero-order chi connectivity index (χ0) is 12.8. The van der Waals surface area contributed by atoms with E-state index in [1.54, 1.807) is 18.3 Å². The Hall–Kier alpha value is -2.01. The molecular formula is C13H14FN3O. The lowest BCUT2D eigenvalue weighted by Gasteiger charge is -2.09. The number of aromatic nitrogens is 2. The second kappa shape index (κ2) is 6.07. The highest BCUT2D eigenvalue weighted by atomic mass is 19.1. The molecule has 0 spiro atoms. The van der Waals surface area contributed by atoms with Gasteiger partial charge in [0.05, 0.1) is 0 Å². The van der Waals surface area contributed by atoms with Crippen LogP contribution in [0.2, 0.25) is 0 Å². The Morgan fingerprint density at radius 1 is 1.28 bits per heavy atom. The second-order valence-electron chi connectivity index (χ2n) is 3.69. The molecule has 2 rings (SSSR count). The van der Waals surface area contributed by atoms with Crippen LogP contribution in [0.3, 0.4) is 0 Å². The van der Waals surface area contributed by atoms with E-state index in [9.17, 15) is 4.39 Å². The maximum Gasteiger partial charge on any atom is 0.226 e. The van der Waals surface area contributed by atoms with Gasteiger partial charge < -0.3 is 10.1 Å². The van der Waals surface area contributed by atoms with Crippen molar-refractivity contribution in [3.63, 3.8) is 0 Å². The quantitative estimate of drug-likeness (QED) is 0.882. The van der Waals surface area contributed by atoms with E-state index in [0.29, 0.717) is 18.2 Å². The molecule has 0 atom stereocenters. The van der Waals surface area contributed by atoms with Gasteiger partial charge in [0.25, 0.3) is 0 Å². The predicted molar refractivity (Wildman–Crippen MR) is 65.9 cm³/mol. The lowest BCUT2D eigenvalue weighted by atomic mass is 10.3. The first-order valence-corrected chi connectivity index (χ1v) is 5.72. The normalized spacial score (nSPS) is 10.3. The first-order valence-electron chi connectivity index (χ1n) is 5.72. The maximum absolute atomic E-state index is 12.8. The van der Waals surface area contributed by atoms with Gasteiger partial charge >= 0.3 is 0 Å². The summed E-state index contributed by atoms with van der Waals surface area (Å²) in [5.41, 5.74) is 0.865.